The molecule has 1 amide bonds. The minimum Gasteiger partial charge on any atom is -0.341 e. The minimum atomic E-state index is -0.462. The molecule has 3 aromatic rings. The van der Waals surface area contributed by atoms with Crippen LogP contribution in [0.15, 0.2) is 45.3 Å². The largest absolute Gasteiger partial charge is 0.341 e. The minimum absolute atomic E-state index is 0.173. The van der Waals surface area contributed by atoms with Crippen LogP contribution in [0.25, 0.3) is 10.2 Å². The van der Waals surface area contributed by atoms with Crippen LogP contribution < -0.4 is 11.2 Å². The van der Waals surface area contributed by atoms with Gasteiger partial charge >= 0.3 is 5.69 Å². The van der Waals surface area contributed by atoms with E-state index in [4.69, 9.17) is 11.6 Å². The van der Waals surface area contributed by atoms with Gasteiger partial charge in [0, 0.05) is 18.1 Å². The lowest BCUT2D eigenvalue weighted by Gasteiger charge is -2.26. The van der Waals surface area contributed by atoms with Crippen molar-refractivity contribution in [2.24, 2.45) is 0 Å². The number of hydrogen-bond acceptors (Lipinski definition) is 4. The fourth-order valence-corrected chi connectivity index (χ4v) is 4.55. The van der Waals surface area contributed by atoms with Crippen molar-refractivity contribution in [3.05, 3.63) is 67.1 Å². The SMILES string of the molecule is O=C(Cn1c(=O)c2sccc2n(Cc2ccc(Cl)cc2)c1=O)N1CCCCC1. The molecule has 28 heavy (non-hydrogen) atoms. The number of benzene rings is 1. The lowest BCUT2D eigenvalue weighted by molar-refractivity contribution is -0.132. The van der Waals surface area contributed by atoms with Gasteiger partial charge in [-0.05, 0) is 48.4 Å². The van der Waals surface area contributed by atoms with E-state index in [1.54, 1.807) is 33.0 Å². The molecule has 4 rings (SSSR count). The van der Waals surface area contributed by atoms with Crippen LogP contribution in [-0.4, -0.2) is 33.0 Å². The Morgan fingerprint density at radius 3 is 2.43 bits per heavy atom. The van der Waals surface area contributed by atoms with Crippen molar-refractivity contribution >= 4 is 39.1 Å². The highest BCUT2D eigenvalue weighted by Crippen LogP contribution is 2.17. The number of carbonyl (C=O) groups is 1. The number of halogens is 1. The maximum absolute atomic E-state index is 13.1. The average molecular weight is 418 g/mol. The van der Waals surface area contributed by atoms with Gasteiger partial charge in [-0.2, -0.15) is 0 Å². The van der Waals surface area contributed by atoms with Gasteiger partial charge in [-0.1, -0.05) is 23.7 Å². The summed E-state index contributed by atoms with van der Waals surface area (Å²) >= 11 is 7.23. The van der Waals surface area contributed by atoms with Gasteiger partial charge in [0.1, 0.15) is 11.2 Å². The van der Waals surface area contributed by atoms with Crippen LogP contribution in [0.2, 0.25) is 5.02 Å². The molecule has 1 saturated heterocycles. The summed E-state index contributed by atoms with van der Waals surface area (Å²) in [5.74, 6) is -0.173. The maximum atomic E-state index is 13.1. The molecule has 8 heteroatoms. The van der Waals surface area contributed by atoms with Crippen LogP contribution >= 0.6 is 22.9 Å². The van der Waals surface area contributed by atoms with Gasteiger partial charge in [0.15, 0.2) is 0 Å². The zero-order chi connectivity index (χ0) is 19.7. The van der Waals surface area contributed by atoms with E-state index in [0.29, 0.717) is 34.9 Å². The third-order valence-corrected chi connectivity index (χ3v) is 6.24. The van der Waals surface area contributed by atoms with Gasteiger partial charge < -0.3 is 4.90 Å². The first-order valence-corrected chi connectivity index (χ1v) is 10.5. The molecule has 146 valence electrons. The molecule has 0 N–H and O–H groups in total. The molecule has 0 aliphatic carbocycles. The van der Waals surface area contributed by atoms with Crippen LogP contribution in [-0.2, 0) is 17.9 Å². The number of piperidine rings is 1. The predicted octanol–water partition coefficient (Wildman–Crippen LogP) is 2.94. The molecule has 1 fully saturated rings. The molecular weight excluding hydrogens is 398 g/mol. The summed E-state index contributed by atoms with van der Waals surface area (Å²) in [5.41, 5.74) is 0.632. The van der Waals surface area contributed by atoms with Crippen molar-refractivity contribution in [1.29, 1.82) is 0 Å². The topological polar surface area (TPSA) is 64.3 Å². The van der Waals surface area contributed by atoms with Gasteiger partial charge in [0.25, 0.3) is 5.56 Å². The summed E-state index contributed by atoms with van der Waals surface area (Å²) < 4.78 is 3.12. The Morgan fingerprint density at radius 1 is 1.00 bits per heavy atom. The molecule has 1 aliphatic heterocycles. The number of nitrogens with zero attached hydrogens (tertiary/aromatic N) is 3. The first kappa shape index (κ1) is 19.0. The van der Waals surface area contributed by atoms with Gasteiger partial charge in [-0.25, -0.2) is 9.36 Å². The van der Waals surface area contributed by atoms with E-state index in [1.807, 2.05) is 12.1 Å². The van der Waals surface area contributed by atoms with Crippen LogP contribution in [0.5, 0.6) is 0 Å². The molecule has 0 radical (unpaired) electrons. The third-order valence-electron chi connectivity index (χ3n) is 5.09. The highest BCUT2D eigenvalue weighted by atomic mass is 35.5. The van der Waals surface area contributed by atoms with Gasteiger partial charge in [0.05, 0.1) is 12.1 Å². The molecule has 1 aromatic carbocycles. The predicted molar refractivity (Wildman–Crippen MR) is 111 cm³/mol. The average Bonchev–Trinajstić information content (AvgIpc) is 3.20. The second-order valence-corrected chi connectivity index (χ2v) is 8.32. The lowest BCUT2D eigenvalue weighted by Crippen LogP contribution is -2.45. The van der Waals surface area contributed by atoms with Crippen molar-refractivity contribution < 1.29 is 4.79 Å². The summed E-state index contributed by atoms with van der Waals surface area (Å²) in [7, 11) is 0. The van der Waals surface area contributed by atoms with E-state index in [1.165, 1.54) is 11.3 Å². The number of amides is 1. The zero-order valence-electron chi connectivity index (χ0n) is 15.3. The Labute approximate surface area is 170 Å². The maximum Gasteiger partial charge on any atom is 0.332 e. The molecule has 0 bridgehead atoms. The van der Waals surface area contributed by atoms with E-state index in [9.17, 15) is 14.4 Å². The molecule has 2 aromatic heterocycles. The summed E-state index contributed by atoms with van der Waals surface area (Å²) in [6, 6.07) is 9.00. The second kappa shape index (κ2) is 7.93. The standard InChI is InChI=1S/C20H20ClN3O3S/c21-15-6-4-14(5-7-15)12-23-16-8-11-28-18(16)19(26)24(20(23)27)13-17(25)22-9-2-1-3-10-22/h4-8,11H,1-3,9-10,12-13H2. The molecule has 0 spiro atoms. The quantitative estimate of drug-likeness (QED) is 0.655. The number of likely N-dealkylation sites (tertiary alicyclic amines) is 1. The molecular formula is C20H20ClN3O3S. The zero-order valence-corrected chi connectivity index (χ0v) is 16.8. The van der Waals surface area contributed by atoms with Gasteiger partial charge in [0.2, 0.25) is 5.91 Å². The molecule has 0 saturated carbocycles. The van der Waals surface area contributed by atoms with Crippen molar-refractivity contribution in [1.82, 2.24) is 14.0 Å². The summed E-state index contributed by atoms with van der Waals surface area (Å²) in [6.45, 7) is 1.47. The first-order valence-electron chi connectivity index (χ1n) is 9.27. The number of hydrogen-bond donors (Lipinski definition) is 0. The Balaban J connectivity index is 1.74. The molecule has 3 heterocycles. The number of aromatic nitrogens is 2. The number of carbonyl (C=O) groups excluding carboxylic acids is 1. The Bertz CT molecular complexity index is 1120. The molecule has 6 nitrogen and oxygen atoms in total. The Kier molecular flexibility index (Phi) is 5.37. The van der Waals surface area contributed by atoms with E-state index in [0.717, 1.165) is 29.4 Å². The number of fused-ring (bicyclic) bond motifs is 1. The normalized spacial score (nSPS) is 14.5. The van der Waals surface area contributed by atoms with Crippen LogP contribution in [0, 0.1) is 0 Å². The van der Waals surface area contributed by atoms with Crippen LogP contribution in [0.1, 0.15) is 24.8 Å². The fraction of sp³-hybridized carbons (Fsp3) is 0.350. The lowest BCUT2D eigenvalue weighted by atomic mass is 10.1. The Morgan fingerprint density at radius 2 is 1.71 bits per heavy atom. The molecule has 0 atom stereocenters. The van der Waals surface area contributed by atoms with E-state index in [-0.39, 0.29) is 12.5 Å². The van der Waals surface area contributed by atoms with Gasteiger partial charge in [-0.15, -0.1) is 11.3 Å². The highest BCUT2D eigenvalue weighted by molar-refractivity contribution is 7.17. The Hall–Kier alpha value is -2.38. The van der Waals surface area contributed by atoms with E-state index in [2.05, 4.69) is 0 Å². The van der Waals surface area contributed by atoms with Crippen LogP contribution in [0.4, 0.5) is 0 Å². The molecule has 0 unspecified atom stereocenters. The molecule has 1 aliphatic rings. The summed E-state index contributed by atoms with van der Waals surface area (Å²) in [5, 5.41) is 2.41. The van der Waals surface area contributed by atoms with Crippen molar-refractivity contribution in [2.75, 3.05) is 13.1 Å². The highest BCUT2D eigenvalue weighted by Gasteiger charge is 2.21. The van der Waals surface area contributed by atoms with Crippen molar-refractivity contribution in [3.63, 3.8) is 0 Å². The summed E-state index contributed by atoms with van der Waals surface area (Å²) in [4.78, 5) is 40.4. The van der Waals surface area contributed by atoms with E-state index < -0.39 is 11.2 Å². The van der Waals surface area contributed by atoms with E-state index >= 15 is 0 Å². The monoisotopic (exact) mass is 417 g/mol. The number of rotatable bonds is 4. The van der Waals surface area contributed by atoms with Crippen LogP contribution in [0.3, 0.4) is 0 Å². The first-order chi connectivity index (χ1) is 13.5. The number of thiophene rings is 1. The fourth-order valence-electron chi connectivity index (χ4n) is 3.58. The van der Waals surface area contributed by atoms with Crippen molar-refractivity contribution in [2.45, 2.75) is 32.4 Å². The smallest absolute Gasteiger partial charge is 0.332 e. The third kappa shape index (κ3) is 3.64. The second-order valence-electron chi connectivity index (χ2n) is 6.96. The van der Waals surface area contributed by atoms with Crippen molar-refractivity contribution in [3.8, 4) is 0 Å². The van der Waals surface area contributed by atoms with Gasteiger partial charge in [-0.3, -0.25) is 14.2 Å². The summed E-state index contributed by atoms with van der Waals surface area (Å²) in [6.07, 6.45) is 3.04.